The lowest BCUT2D eigenvalue weighted by atomic mass is 10.1. The van der Waals surface area contributed by atoms with E-state index in [1.807, 2.05) is 49.5 Å². The smallest absolute Gasteiger partial charge is 0.264 e. The van der Waals surface area contributed by atoms with E-state index in [9.17, 15) is 4.79 Å². The molecule has 0 radical (unpaired) electrons. The first-order chi connectivity index (χ1) is 9.18. The molecule has 2 aromatic carbocycles. The Hall–Kier alpha value is -2.55. The molecule has 3 rings (SSSR count). The van der Waals surface area contributed by atoms with Crippen LogP contribution in [0.25, 0.3) is 10.9 Å². The number of nitrogens with zero attached hydrogens (tertiary/aromatic N) is 1. The number of nitrogen functional groups attached to an aromatic ring is 1. The van der Waals surface area contributed by atoms with Gasteiger partial charge >= 0.3 is 0 Å². The van der Waals surface area contributed by atoms with Gasteiger partial charge in [-0.1, -0.05) is 30.3 Å². The summed E-state index contributed by atoms with van der Waals surface area (Å²) in [5.41, 5.74) is 8.90. The maximum absolute atomic E-state index is 12.6. The molecule has 19 heavy (non-hydrogen) atoms. The van der Waals surface area contributed by atoms with Crippen molar-refractivity contribution in [2.45, 2.75) is 6.92 Å². The Labute approximate surface area is 111 Å². The number of carbonyl (C=O) groups excluding carboxylic acids is 1. The van der Waals surface area contributed by atoms with E-state index < -0.39 is 0 Å². The Morgan fingerprint density at radius 2 is 1.74 bits per heavy atom. The number of aromatic nitrogens is 1. The topological polar surface area (TPSA) is 48.0 Å². The first-order valence-corrected chi connectivity index (χ1v) is 6.14. The predicted octanol–water partition coefficient (Wildman–Crippen LogP) is 3.22. The van der Waals surface area contributed by atoms with Crippen molar-refractivity contribution in [1.29, 1.82) is 0 Å². The van der Waals surface area contributed by atoms with Crippen LogP contribution < -0.4 is 5.73 Å². The van der Waals surface area contributed by atoms with Gasteiger partial charge < -0.3 is 5.73 Å². The molecule has 2 N–H and O–H groups in total. The quantitative estimate of drug-likeness (QED) is 0.674. The number of benzene rings is 2. The molecule has 1 heterocycles. The van der Waals surface area contributed by atoms with Crippen molar-refractivity contribution in [3.8, 4) is 0 Å². The van der Waals surface area contributed by atoms with Gasteiger partial charge in [0.15, 0.2) is 0 Å². The van der Waals surface area contributed by atoms with Crippen LogP contribution in [0.15, 0.2) is 54.7 Å². The summed E-state index contributed by atoms with van der Waals surface area (Å²) in [5, 5.41) is 1.09. The number of rotatable bonds is 1. The van der Waals surface area contributed by atoms with Crippen LogP contribution in [-0.2, 0) is 0 Å². The Morgan fingerprint density at radius 1 is 1.05 bits per heavy atom. The maximum Gasteiger partial charge on any atom is 0.264 e. The summed E-state index contributed by atoms with van der Waals surface area (Å²) in [4.78, 5) is 12.6. The number of carbonyl (C=O) groups is 1. The summed E-state index contributed by atoms with van der Waals surface area (Å²) in [5.74, 6) is -0.0950. The van der Waals surface area contributed by atoms with Crippen molar-refractivity contribution in [3.63, 3.8) is 0 Å². The van der Waals surface area contributed by atoms with E-state index in [0.717, 1.165) is 16.5 Å². The zero-order chi connectivity index (χ0) is 13.4. The fourth-order valence-electron chi connectivity index (χ4n) is 2.34. The highest BCUT2D eigenvalue weighted by Gasteiger charge is 2.14. The molecule has 0 atom stereocenters. The molecule has 0 aliphatic carbocycles. The minimum Gasteiger partial charge on any atom is -0.398 e. The second kappa shape index (κ2) is 4.28. The molecule has 0 amide bonds. The molecular formula is C16H14N2O. The highest BCUT2D eigenvalue weighted by Crippen LogP contribution is 2.22. The zero-order valence-electron chi connectivity index (χ0n) is 10.6. The van der Waals surface area contributed by atoms with Gasteiger partial charge in [0.05, 0.1) is 11.1 Å². The van der Waals surface area contributed by atoms with Gasteiger partial charge in [0.2, 0.25) is 0 Å². The Kier molecular flexibility index (Phi) is 2.60. The summed E-state index contributed by atoms with van der Waals surface area (Å²) in [7, 11) is 0. The largest absolute Gasteiger partial charge is 0.398 e. The lowest BCUT2D eigenvalue weighted by Crippen LogP contribution is -2.12. The number of aryl methyl sites for hydroxylation is 1. The van der Waals surface area contributed by atoms with Crippen LogP contribution in [0.5, 0.6) is 0 Å². The molecule has 0 bridgehead atoms. The number of hydrogen-bond donors (Lipinski definition) is 1. The van der Waals surface area contributed by atoms with Crippen LogP contribution in [0.3, 0.4) is 0 Å². The lowest BCUT2D eigenvalue weighted by molar-refractivity contribution is 0.0965. The molecule has 1 aromatic heterocycles. The molecular weight excluding hydrogens is 236 g/mol. The second-order valence-electron chi connectivity index (χ2n) is 4.59. The summed E-state index contributed by atoms with van der Waals surface area (Å²) in [6.45, 7) is 2.00. The molecule has 3 heteroatoms. The van der Waals surface area contributed by atoms with Gasteiger partial charge in [-0.2, -0.15) is 0 Å². The van der Waals surface area contributed by atoms with E-state index in [1.54, 1.807) is 16.7 Å². The van der Waals surface area contributed by atoms with Gasteiger partial charge in [-0.05, 0) is 30.7 Å². The van der Waals surface area contributed by atoms with Crippen LogP contribution in [0.4, 0.5) is 5.69 Å². The summed E-state index contributed by atoms with van der Waals surface area (Å²) in [6.07, 6.45) is 1.86. The lowest BCUT2D eigenvalue weighted by Gasteiger charge is -2.06. The zero-order valence-corrected chi connectivity index (χ0v) is 10.6. The number of para-hydroxylation sites is 2. The van der Waals surface area contributed by atoms with Gasteiger partial charge in [0.1, 0.15) is 0 Å². The SMILES string of the molecule is Cc1cn(C(=O)c2ccccc2N)c2ccccc12. The van der Waals surface area contributed by atoms with Crippen LogP contribution >= 0.6 is 0 Å². The monoisotopic (exact) mass is 250 g/mol. The van der Waals surface area contributed by atoms with E-state index in [1.165, 1.54) is 0 Å². The molecule has 0 aliphatic heterocycles. The van der Waals surface area contributed by atoms with Gasteiger partial charge in [-0.3, -0.25) is 9.36 Å². The van der Waals surface area contributed by atoms with Gasteiger partial charge in [-0.25, -0.2) is 0 Å². The highest BCUT2D eigenvalue weighted by molar-refractivity contribution is 6.05. The van der Waals surface area contributed by atoms with E-state index in [2.05, 4.69) is 0 Å². The molecule has 3 nitrogen and oxygen atoms in total. The Balaban J connectivity index is 2.20. The fourth-order valence-corrected chi connectivity index (χ4v) is 2.34. The first-order valence-electron chi connectivity index (χ1n) is 6.14. The van der Waals surface area contributed by atoms with E-state index >= 15 is 0 Å². The average molecular weight is 250 g/mol. The van der Waals surface area contributed by atoms with Crippen LogP contribution in [0.1, 0.15) is 15.9 Å². The Morgan fingerprint density at radius 3 is 2.53 bits per heavy atom. The van der Waals surface area contributed by atoms with Crippen LogP contribution in [0.2, 0.25) is 0 Å². The minimum atomic E-state index is -0.0950. The molecule has 0 fully saturated rings. The van der Waals surface area contributed by atoms with E-state index in [0.29, 0.717) is 11.3 Å². The first kappa shape index (κ1) is 11.5. The van der Waals surface area contributed by atoms with Crippen molar-refractivity contribution < 1.29 is 4.79 Å². The molecule has 0 saturated carbocycles. The van der Waals surface area contributed by atoms with Crippen molar-refractivity contribution in [3.05, 3.63) is 65.9 Å². The normalized spacial score (nSPS) is 10.8. The van der Waals surface area contributed by atoms with Crippen LogP contribution in [-0.4, -0.2) is 10.5 Å². The maximum atomic E-state index is 12.6. The second-order valence-corrected chi connectivity index (χ2v) is 4.59. The number of fused-ring (bicyclic) bond motifs is 1. The molecule has 3 aromatic rings. The molecule has 94 valence electrons. The van der Waals surface area contributed by atoms with Crippen molar-refractivity contribution in [1.82, 2.24) is 4.57 Å². The number of nitrogens with two attached hydrogens (primary N) is 1. The standard InChI is InChI=1S/C16H14N2O/c1-11-10-18(15-9-5-3-6-12(11)15)16(19)13-7-2-4-8-14(13)17/h2-10H,17H2,1H3. The predicted molar refractivity (Wildman–Crippen MR) is 77.3 cm³/mol. The fraction of sp³-hybridized carbons (Fsp3) is 0.0625. The summed E-state index contributed by atoms with van der Waals surface area (Å²) < 4.78 is 1.66. The number of hydrogen-bond acceptors (Lipinski definition) is 2. The molecule has 0 aliphatic rings. The highest BCUT2D eigenvalue weighted by atomic mass is 16.2. The van der Waals surface area contributed by atoms with E-state index in [4.69, 9.17) is 5.73 Å². The molecule has 0 unspecified atom stereocenters. The van der Waals surface area contributed by atoms with Crippen LogP contribution in [0, 0.1) is 6.92 Å². The molecule has 0 spiro atoms. The molecule has 0 saturated heterocycles. The minimum absolute atomic E-state index is 0.0950. The Bertz CT molecular complexity index is 771. The van der Waals surface area contributed by atoms with Crippen molar-refractivity contribution in [2.24, 2.45) is 0 Å². The number of anilines is 1. The van der Waals surface area contributed by atoms with E-state index in [-0.39, 0.29) is 5.91 Å². The van der Waals surface area contributed by atoms with Gasteiger partial charge in [0, 0.05) is 17.3 Å². The summed E-state index contributed by atoms with van der Waals surface area (Å²) >= 11 is 0. The third-order valence-electron chi connectivity index (χ3n) is 3.32. The van der Waals surface area contributed by atoms with Gasteiger partial charge in [-0.15, -0.1) is 0 Å². The van der Waals surface area contributed by atoms with Crippen molar-refractivity contribution >= 4 is 22.5 Å². The third kappa shape index (κ3) is 1.80. The summed E-state index contributed by atoms with van der Waals surface area (Å²) in [6, 6.07) is 15.0. The van der Waals surface area contributed by atoms with Gasteiger partial charge in [0.25, 0.3) is 5.91 Å². The average Bonchev–Trinajstić information content (AvgIpc) is 2.77. The third-order valence-corrected chi connectivity index (χ3v) is 3.32. The van der Waals surface area contributed by atoms with Crippen molar-refractivity contribution in [2.75, 3.05) is 5.73 Å².